The van der Waals surface area contributed by atoms with Gasteiger partial charge in [-0.15, -0.1) is 11.8 Å². The first-order valence-electron chi connectivity index (χ1n) is 9.97. The monoisotopic (exact) mass is 528 g/mol. The Hall–Kier alpha value is -3.80. The molecule has 0 spiro atoms. The lowest BCUT2D eigenvalue weighted by Gasteiger charge is -2.14. The van der Waals surface area contributed by atoms with E-state index in [4.69, 9.17) is 0 Å². The van der Waals surface area contributed by atoms with Gasteiger partial charge in [0.05, 0.1) is 5.75 Å². The van der Waals surface area contributed by atoms with Crippen LogP contribution in [0.3, 0.4) is 0 Å². The van der Waals surface area contributed by atoms with Gasteiger partial charge in [-0.2, -0.15) is 13.2 Å². The highest BCUT2D eigenvalue weighted by molar-refractivity contribution is 8.00. The average molecular weight is 528 g/mol. The molecule has 0 aromatic heterocycles. The van der Waals surface area contributed by atoms with E-state index in [0.717, 1.165) is 17.3 Å². The molecule has 0 heterocycles. The summed E-state index contributed by atoms with van der Waals surface area (Å²) in [4.78, 5) is 24.6. The highest BCUT2D eigenvalue weighted by Crippen LogP contribution is 2.38. The van der Waals surface area contributed by atoms with Gasteiger partial charge in [-0.05, 0) is 29.8 Å². The smallest absolute Gasteiger partial charge is 0.322 e. The van der Waals surface area contributed by atoms with E-state index >= 15 is 0 Å². The number of amides is 2. The van der Waals surface area contributed by atoms with Crippen molar-refractivity contribution < 1.29 is 40.3 Å². The Morgan fingerprint density at radius 3 is 2.08 bits per heavy atom. The predicted octanol–water partition coefficient (Wildman–Crippen LogP) is 6.64. The van der Waals surface area contributed by atoms with Crippen molar-refractivity contribution in [1.29, 1.82) is 0 Å². The molecule has 36 heavy (non-hydrogen) atoms. The fourth-order valence-electron chi connectivity index (χ4n) is 2.90. The average Bonchev–Trinajstić information content (AvgIpc) is 2.83. The van der Waals surface area contributed by atoms with Crippen LogP contribution in [0.15, 0.2) is 65.6 Å². The molecule has 0 aliphatic carbocycles. The Kier molecular flexibility index (Phi) is 8.41. The number of nitrogens with one attached hydrogen (secondary N) is 2. The van der Waals surface area contributed by atoms with Gasteiger partial charge in [-0.25, -0.2) is 17.6 Å². The lowest BCUT2D eigenvalue weighted by atomic mass is 10.1. The number of carbonyl (C=O) groups excluding carboxylic acids is 2. The molecular formula is C24H15F7N2O2S. The molecule has 3 rings (SSSR count). The van der Waals surface area contributed by atoms with Gasteiger partial charge in [-0.3, -0.25) is 9.59 Å². The van der Waals surface area contributed by atoms with Crippen LogP contribution >= 0.6 is 11.8 Å². The second-order valence-corrected chi connectivity index (χ2v) is 8.15. The lowest BCUT2D eigenvalue weighted by molar-refractivity contribution is -0.143. The van der Waals surface area contributed by atoms with Crippen LogP contribution < -0.4 is 10.6 Å². The van der Waals surface area contributed by atoms with Gasteiger partial charge in [0.2, 0.25) is 11.8 Å². The molecule has 0 radical (unpaired) electrons. The first kappa shape index (κ1) is 26.8. The van der Waals surface area contributed by atoms with Gasteiger partial charge in [0, 0.05) is 16.7 Å². The number of hydrogen-bond donors (Lipinski definition) is 2. The van der Waals surface area contributed by atoms with Crippen LogP contribution in [-0.2, 0) is 15.8 Å². The summed E-state index contributed by atoms with van der Waals surface area (Å²) >= 11 is 0.833. The maximum absolute atomic E-state index is 14.0. The minimum atomic E-state index is -5.69. The van der Waals surface area contributed by atoms with Crippen molar-refractivity contribution in [2.45, 2.75) is 11.1 Å². The zero-order valence-corrected chi connectivity index (χ0v) is 18.7. The molecule has 0 saturated heterocycles. The van der Waals surface area contributed by atoms with Gasteiger partial charge in [0.25, 0.3) is 0 Å². The summed E-state index contributed by atoms with van der Waals surface area (Å²) in [6, 6.07) is 15.2. The third kappa shape index (κ3) is 6.66. The van der Waals surface area contributed by atoms with Crippen molar-refractivity contribution in [3.63, 3.8) is 0 Å². The van der Waals surface area contributed by atoms with Crippen molar-refractivity contribution in [2.24, 2.45) is 0 Å². The third-order valence-corrected chi connectivity index (χ3v) is 5.50. The van der Waals surface area contributed by atoms with Crippen molar-refractivity contribution in [3.8, 4) is 0 Å². The highest BCUT2D eigenvalue weighted by Gasteiger charge is 2.42. The van der Waals surface area contributed by atoms with Crippen LogP contribution in [-0.4, -0.2) is 17.6 Å². The molecule has 12 heteroatoms. The quantitative estimate of drug-likeness (QED) is 0.156. The Morgan fingerprint density at radius 1 is 0.833 bits per heavy atom. The van der Waals surface area contributed by atoms with Crippen molar-refractivity contribution >= 4 is 41.0 Å². The fourth-order valence-corrected chi connectivity index (χ4v) is 3.65. The lowest BCUT2D eigenvalue weighted by Crippen LogP contribution is -2.21. The van der Waals surface area contributed by atoms with Crippen LogP contribution in [0.5, 0.6) is 0 Å². The number of benzene rings is 3. The minimum absolute atomic E-state index is 0.368. The first-order chi connectivity index (χ1) is 17.0. The molecule has 4 nitrogen and oxygen atoms in total. The SMILES string of the molecule is O=C(/C=C/c1ccccc1)Nc1cccc(SCC(=O)Nc2c(F)c(F)c(C(F)(F)F)c(F)c2F)c1. The van der Waals surface area contributed by atoms with E-state index in [1.165, 1.54) is 12.1 Å². The Morgan fingerprint density at radius 2 is 1.47 bits per heavy atom. The molecule has 0 unspecified atom stereocenters. The van der Waals surface area contributed by atoms with Gasteiger partial charge in [-0.1, -0.05) is 36.4 Å². The number of halogens is 7. The first-order valence-corrected chi connectivity index (χ1v) is 11.0. The molecule has 0 fully saturated rings. The molecule has 2 amide bonds. The van der Waals surface area contributed by atoms with E-state index < -0.39 is 58.3 Å². The standard InChI is InChI=1S/C24H15F7N2O2S/c25-19-18(24(29,30)31)20(26)22(28)23(21(19)27)33-17(35)12-36-15-8-4-7-14(11-15)32-16(34)10-9-13-5-2-1-3-6-13/h1-11H,12H2,(H,32,34)(H,33,35)/b10-9+. The number of rotatable bonds is 7. The van der Waals surface area contributed by atoms with Crippen LogP contribution in [0.25, 0.3) is 6.08 Å². The van der Waals surface area contributed by atoms with Crippen LogP contribution in [0, 0.1) is 23.3 Å². The molecule has 3 aromatic carbocycles. The zero-order chi connectivity index (χ0) is 26.5. The molecule has 0 bridgehead atoms. The van der Waals surface area contributed by atoms with E-state index in [9.17, 15) is 40.3 Å². The Bertz CT molecular complexity index is 1280. The number of thioether (sulfide) groups is 1. The molecular weight excluding hydrogens is 513 g/mol. The maximum atomic E-state index is 14.0. The van der Waals surface area contributed by atoms with Crippen LogP contribution in [0.1, 0.15) is 11.1 Å². The molecule has 0 saturated carbocycles. The highest BCUT2D eigenvalue weighted by atomic mass is 32.2. The van der Waals surface area contributed by atoms with Gasteiger partial charge in [0.15, 0.2) is 23.3 Å². The summed E-state index contributed by atoms with van der Waals surface area (Å²) in [5.74, 6) is -12.2. The number of hydrogen-bond acceptors (Lipinski definition) is 3. The van der Waals surface area contributed by atoms with Crippen molar-refractivity contribution in [3.05, 3.63) is 95.1 Å². The van der Waals surface area contributed by atoms with Gasteiger partial charge >= 0.3 is 6.18 Å². The minimum Gasteiger partial charge on any atom is -0.322 e. The molecule has 188 valence electrons. The molecule has 0 aliphatic heterocycles. The summed E-state index contributed by atoms with van der Waals surface area (Å²) in [5.41, 5.74) is -3.23. The Balaban J connectivity index is 1.63. The van der Waals surface area contributed by atoms with Crippen LogP contribution in [0.4, 0.5) is 42.1 Å². The van der Waals surface area contributed by atoms with Crippen LogP contribution in [0.2, 0.25) is 0 Å². The third-order valence-electron chi connectivity index (χ3n) is 4.51. The fraction of sp³-hybridized carbons (Fsp3) is 0.0833. The van der Waals surface area contributed by atoms with E-state index in [1.807, 2.05) is 18.2 Å². The summed E-state index contributed by atoms with van der Waals surface area (Å²) in [6.07, 6.45) is -2.77. The van der Waals surface area contributed by atoms with E-state index in [2.05, 4.69) is 5.32 Å². The van der Waals surface area contributed by atoms with Gasteiger partial charge < -0.3 is 10.6 Å². The molecule has 3 aromatic rings. The summed E-state index contributed by atoms with van der Waals surface area (Å²) in [7, 11) is 0. The zero-order valence-electron chi connectivity index (χ0n) is 17.9. The molecule has 0 aliphatic rings. The number of carbonyl (C=O) groups is 2. The maximum Gasteiger partial charge on any atom is 0.422 e. The number of alkyl halides is 3. The largest absolute Gasteiger partial charge is 0.422 e. The van der Waals surface area contributed by atoms with Crippen molar-refractivity contribution in [1.82, 2.24) is 0 Å². The second-order valence-electron chi connectivity index (χ2n) is 7.10. The second kappa shape index (κ2) is 11.3. The Labute approximate surface area is 204 Å². The van der Waals surface area contributed by atoms with E-state index in [-0.39, 0.29) is 0 Å². The summed E-state index contributed by atoms with van der Waals surface area (Å²) in [6.45, 7) is 0. The normalized spacial score (nSPS) is 11.5. The van der Waals surface area contributed by atoms with Crippen molar-refractivity contribution in [2.75, 3.05) is 16.4 Å². The molecule has 2 N–H and O–H groups in total. The number of anilines is 2. The van der Waals surface area contributed by atoms with E-state index in [0.29, 0.717) is 10.6 Å². The topological polar surface area (TPSA) is 58.2 Å². The molecule has 0 atom stereocenters. The predicted molar refractivity (Wildman–Crippen MR) is 121 cm³/mol. The van der Waals surface area contributed by atoms with E-state index in [1.54, 1.807) is 41.7 Å². The summed E-state index contributed by atoms with van der Waals surface area (Å²) in [5, 5.41) is 4.16. The van der Waals surface area contributed by atoms with Gasteiger partial charge in [0.1, 0.15) is 11.3 Å². The summed E-state index contributed by atoms with van der Waals surface area (Å²) < 4.78 is 93.3.